The lowest BCUT2D eigenvalue weighted by molar-refractivity contribution is -0.134. The molecule has 0 aromatic carbocycles. The first-order valence-corrected chi connectivity index (χ1v) is 14.7. The summed E-state index contributed by atoms with van der Waals surface area (Å²) in [7, 11) is 0. The molecular formula is C30H44N4O2. The van der Waals surface area contributed by atoms with Crippen LogP contribution in [0.5, 0.6) is 0 Å². The van der Waals surface area contributed by atoms with Gasteiger partial charge in [-0.2, -0.15) is 10.4 Å². The summed E-state index contributed by atoms with van der Waals surface area (Å²) in [5.41, 5.74) is 0.119. The molecule has 1 aromatic heterocycles. The van der Waals surface area contributed by atoms with Crippen LogP contribution in [0.1, 0.15) is 83.6 Å². The number of Topliss-reactive ketones (excluding diaryl/α,β-unsaturated/α-hetero) is 1. The Bertz CT molecular complexity index is 1020. The van der Waals surface area contributed by atoms with Crippen LogP contribution in [0.2, 0.25) is 0 Å². The number of aliphatic hydroxyl groups is 1. The summed E-state index contributed by atoms with van der Waals surface area (Å²) >= 11 is 0. The average molecular weight is 493 g/mol. The van der Waals surface area contributed by atoms with E-state index in [4.69, 9.17) is 0 Å². The van der Waals surface area contributed by atoms with Crippen molar-refractivity contribution in [1.29, 1.82) is 5.26 Å². The molecule has 1 aromatic rings. The number of ketones is 1. The molecule has 0 bridgehead atoms. The molecule has 2 heterocycles. The van der Waals surface area contributed by atoms with Gasteiger partial charge < -0.3 is 10.0 Å². The molecule has 5 aliphatic rings. The summed E-state index contributed by atoms with van der Waals surface area (Å²) in [6, 6.07) is 2.13. The molecule has 6 nitrogen and oxygen atoms in total. The molecule has 4 saturated carbocycles. The number of aromatic nitrogens is 2. The normalized spacial score (nSPS) is 44.4. The van der Waals surface area contributed by atoms with Crippen LogP contribution in [0.4, 0.5) is 0 Å². The van der Waals surface area contributed by atoms with E-state index in [0.29, 0.717) is 35.6 Å². The van der Waals surface area contributed by atoms with Crippen LogP contribution < -0.4 is 0 Å². The zero-order valence-corrected chi connectivity index (χ0v) is 22.2. The van der Waals surface area contributed by atoms with E-state index in [2.05, 4.69) is 23.0 Å². The molecule has 0 unspecified atom stereocenters. The van der Waals surface area contributed by atoms with Crippen molar-refractivity contribution in [1.82, 2.24) is 14.7 Å². The number of carbonyl (C=O) groups excluding carboxylic acids is 1. The van der Waals surface area contributed by atoms with Gasteiger partial charge in [0, 0.05) is 18.7 Å². The van der Waals surface area contributed by atoms with Crippen molar-refractivity contribution in [2.45, 2.75) is 90.2 Å². The zero-order chi connectivity index (χ0) is 25.1. The first-order chi connectivity index (χ1) is 17.3. The van der Waals surface area contributed by atoms with Gasteiger partial charge in [-0.05, 0) is 125 Å². The molecule has 1 N–H and O–H groups in total. The molecule has 6 rings (SSSR count). The van der Waals surface area contributed by atoms with Crippen LogP contribution in [0.25, 0.3) is 0 Å². The Balaban J connectivity index is 1.26. The van der Waals surface area contributed by atoms with Crippen molar-refractivity contribution in [2.24, 2.45) is 46.8 Å². The second-order valence-electron chi connectivity index (χ2n) is 13.7. The number of nitrogens with zero attached hydrogens (tertiary/aromatic N) is 4. The molecule has 6 heteroatoms. The molecule has 1 saturated heterocycles. The Kier molecular flexibility index (Phi) is 6.32. The van der Waals surface area contributed by atoms with E-state index in [1.807, 2.05) is 6.92 Å². The molecule has 9 atom stereocenters. The van der Waals surface area contributed by atoms with Crippen LogP contribution in [-0.4, -0.2) is 50.8 Å². The SMILES string of the molecule is C[C@@]1(O)CC[C@H]2[C@H](CC[C@@H]3[C@@H]2CC[C@@]2(C)[C@H]3[C@H](CN3CCCC3)C[C@@H]2C(=O)Cn2cc(C#N)cn2)C1. The minimum atomic E-state index is -0.474. The summed E-state index contributed by atoms with van der Waals surface area (Å²) in [6.45, 7) is 8.40. The van der Waals surface area contributed by atoms with E-state index in [9.17, 15) is 15.2 Å². The van der Waals surface area contributed by atoms with Crippen LogP contribution in [0, 0.1) is 58.2 Å². The highest BCUT2D eigenvalue weighted by molar-refractivity contribution is 5.82. The third-order valence-corrected chi connectivity index (χ3v) is 11.5. The van der Waals surface area contributed by atoms with Crippen LogP contribution >= 0.6 is 0 Å². The fraction of sp³-hybridized carbons (Fsp3) is 0.833. The van der Waals surface area contributed by atoms with Crippen molar-refractivity contribution in [2.75, 3.05) is 19.6 Å². The second-order valence-corrected chi connectivity index (χ2v) is 13.7. The predicted molar refractivity (Wildman–Crippen MR) is 138 cm³/mol. The largest absolute Gasteiger partial charge is 0.390 e. The maximum atomic E-state index is 13.8. The second kappa shape index (κ2) is 9.24. The number of likely N-dealkylation sites (tertiary alicyclic amines) is 1. The standard InChI is InChI=1S/C30H44N4O2/c1-29(36)9-7-23-21(14-29)5-6-25-24(23)8-10-30(2)26(27(35)19-34-17-20(15-31)16-32-34)13-22(28(25)30)18-33-11-3-4-12-33/h16-17,21-26,28,36H,3-14,18-19H2,1-2H3/t21-,22+,23+,24-,25-,26-,28+,29-,30-/m1/s1. The van der Waals surface area contributed by atoms with Gasteiger partial charge in [0.15, 0.2) is 5.78 Å². The third kappa shape index (κ3) is 4.25. The summed E-state index contributed by atoms with van der Waals surface area (Å²) in [4.78, 5) is 16.5. The van der Waals surface area contributed by atoms with Crippen molar-refractivity contribution < 1.29 is 9.90 Å². The lowest BCUT2D eigenvalue weighted by Gasteiger charge is -2.57. The smallest absolute Gasteiger partial charge is 0.157 e. The number of nitriles is 1. The Morgan fingerprint density at radius 2 is 1.92 bits per heavy atom. The Morgan fingerprint density at radius 1 is 1.14 bits per heavy atom. The van der Waals surface area contributed by atoms with E-state index in [1.54, 1.807) is 17.1 Å². The topological polar surface area (TPSA) is 82.1 Å². The first-order valence-electron chi connectivity index (χ1n) is 14.7. The molecule has 0 spiro atoms. The van der Waals surface area contributed by atoms with E-state index < -0.39 is 5.60 Å². The first kappa shape index (κ1) is 24.6. The highest BCUT2D eigenvalue weighted by Crippen LogP contribution is 2.66. The van der Waals surface area contributed by atoms with Gasteiger partial charge in [-0.1, -0.05) is 6.92 Å². The van der Waals surface area contributed by atoms with Crippen molar-refractivity contribution in [3.8, 4) is 6.07 Å². The van der Waals surface area contributed by atoms with Crippen LogP contribution in [0.15, 0.2) is 12.4 Å². The summed E-state index contributed by atoms with van der Waals surface area (Å²) < 4.78 is 1.68. The van der Waals surface area contributed by atoms with Crippen LogP contribution in [-0.2, 0) is 11.3 Å². The highest BCUT2D eigenvalue weighted by Gasteiger charge is 2.62. The fourth-order valence-electron chi connectivity index (χ4n) is 10.1. The molecule has 4 aliphatic carbocycles. The van der Waals surface area contributed by atoms with Crippen molar-refractivity contribution >= 4 is 5.78 Å². The summed E-state index contributed by atoms with van der Waals surface area (Å²) in [5, 5.41) is 24.2. The van der Waals surface area contributed by atoms with Gasteiger partial charge in [0.2, 0.25) is 0 Å². The zero-order valence-electron chi connectivity index (χ0n) is 22.2. The van der Waals surface area contributed by atoms with Gasteiger partial charge in [0.05, 0.1) is 23.9 Å². The summed E-state index contributed by atoms with van der Waals surface area (Å²) in [6.07, 6.45) is 15.0. The number of carbonyl (C=O) groups is 1. The molecule has 0 amide bonds. The van der Waals surface area contributed by atoms with E-state index >= 15 is 0 Å². The van der Waals surface area contributed by atoms with Gasteiger partial charge in [0.1, 0.15) is 6.07 Å². The third-order valence-electron chi connectivity index (χ3n) is 11.5. The Labute approximate surface area is 216 Å². The molecular weight excluding hydrogens is 448 g/mol. The van der Waals surface area contributed by atoms with E-state index in [-0.39, 0.29) is 11.3 Å². The molecule has 1 aliphatic heterocycles. The van der Waals surface area contributed by atoms with Crippen molar-refractivity contribution in [3.05, 3.63) is 18.0 Å². The van der Waals surface area contributed by atoms with Crippen LogP contribution in [0.3, 0.4) is 0 Å². The fourth-order valence-corrected chi connectivity index (χ4v) is 10.1. The Hall–Kier alpha value is -1.71. The number of hydrogen-bond acceptors (Lipinski definition) is 5. The molecule has 0 radical (unpaired) electrons. The number of rotatable bonds is 5. The van der Waals surface area contributed by atoms with Gasteiger partial charge in [0.25, 0.3) is 0 Å². The number of hydrogen-bond donors (Lipinski definition) is 1. The Morgan fingerprint density at radius 3 is 2.67 bits per heavy atom. The minimum absolute atomic E-state index is 0.0703. The maximum absolute atomic E-state index is 13.8. The quantitative estimate of drug-likeness (QED) is 0.646. The molecule has 36 heavy (non-hydrogen) atoms. The maximum Gasteiger partial charge on any atom is 0.157 e. The van der Waals surface area contributed by atoms with Gasteiger partial charge in [-0.15, -0.1) is 0 Å². The highest BCUT2D eigenvalue weighted by atomic mass is 16.3. The summed E-state index contributed by atoms with van der Waals surface area (Å²) in [5.74, 6) is 4.60. The van der Waals surface area contributed by atoms with E-state index in [1.165, 1.54) is 51.6 Å². The monoisotopic (exact) mass is 492 g/mol. The predicted octanol–water partition coefficient (Wildman–Crippen LogP) is 4.67. The lowest BCUT2D eigenvalue weighted by atomic mass is 9.48. The van der Waals surface area contributed by atoms with E-state index in [0.717, 1.165) is 50.0 Å². The lowest BCUT2D eigenvalue weighted by Crippen LogP contribution is -2.52. The average Bonchev–Trinajstić information content (AvgIpc) is 3.58. The molecule has 5 fully saturated rings. The minimum Gasteiger partial charge on any atom is -0.390 e. The van der Waals surface area contributed by atoms with Gasteiger partial charge in [-0.3, -0.25) is 9.48 Å². The van der Waals surface area contributed by atoms with Crippen molar-refractivity contribution in [3.63, 3.8) is 0 Å². The van der Waals surface area contributed by atoms with Gasteiger partial charge in [-0.25, -0.2) is 0 Å². The van der Waals surface area contributed by atoms with Gasteiger partial charge >= 0.3 is 0 Å². The number of fused-ring (bicyclic) bond motifs is 5. The molecule has 196 valence electrons.